The average Bonchev–Trinajstić information content (AvgIpc) is 3.02. The van der Waals surface area contributed by atoms with Gasteiger partial charge in [0.25, 0.3) is 0 Å². The number of hydrogen-bond donors (Lipinski definition) is 1. The highest BCUT2D eigenvalue weighted by atomic mass is 35.5. The Balaban J connectivity index is 1.84. The van der Waals surface area contributed by atoms with E-state index in [4.69, 9.17) is 21.1 Å². The zero-order chi connectivity index (χ0) is 18.4. The van der Waals surface area contributed by atoms with Gasteiger partial charge in [-0.2, -0.15) is 0 Å². The number of amides is 1. The van der Waals surface area contributed by atoms with Crippen molar-refractivity contribution in [3.05, 3.63) is 28.3 Å². The van der Waals surface area contributed by atoms with Gasteiger partial charge in [0.05, 0.1) is 31.4 Å². The first-order chi connectivity index (χ1) is 11.9. The molecule has 1 aliphatic heterocycles. The first kappa shape index (κ1) is 19.1. The molecule has 2 rings (SSSR count). The van der Waals surface area contributed by atoms with Crippen LogP contribution in [0.5, 0.6) is 5.75 Å². The van der Waals surface area contributed by atoms with Crippen molar-refractivity contribution >= 4 is 29.4 Å². The summed E-state index contributed by atoms with van der Waals surface area (Å²) in [5.41, 5.74) is 1.17. The van der Waals surface area contributed by atoms with E-state index in [9.17, 15) is 14.4 Å². The molecule has 1 unspecified atom stereocenters. The molecule has 0 fully saturated rings. The number of fused-ring (bicyclic) bond motifs is 1. The third kappa shape index (κ3) is 5.09. The molecule has 0 radical (unpaired) electrons. The summed E-state index contributed by atoms with van der Waals surface area (Å²) in [6.45, 7) is 0.315. The van der Waals surface area contributed by atoms with Gasteiger partial charge in [0.2, 0.25) is 5.91 Å². The van der Waals surface area contributed by atoms with E-state index in [1.807, 2.05) is 0 Å². The van der Waals surface area contributed by atoms with Gasteiger partial charge in [-0.25, -0.2) is 4.79 Å². The van der Waals surface area contributed by atoms with Crippen molar-refractivity contribution in [3.8, 4) is 5.75 Å². The van der Waals surface area contributed by atoms with E-state index in [2.05, 4.69) is 10.1 Å². The van der Waals surface area contributed by atoms with Gasteiger partial charge >= 0.3 is 11.9 Å². The zero-order valence-corrected chi connectivity index (χ0v) is 14.9. The van der Waals surface area contributed by atoms with E-state index in [-0.39, 0.29) is 30.8 Å². The van der Waals surface area contributed by atoms with E-state index in [0.717, 1.165) is 5.56 Å². The summed E-state index contributed by atoms with van der Waals surface area (Å²) in [6.07, 6.45) is 1.15. The Morgan fingerprint density at radius 1 is 1.24 bits per heavy atom. The fourth-order valence-corrected chi connectivity index (χ4v) is 2.83. The second-order valence-electron chi connectivity index (χ2n) is 5.62. The maximum absolute atomic E-state index is 11.8. The minimum absolute atomic E-state index is 0.162. The molecule has 1 amide bonds. The predicted molar refractivity (Wildman–Crippen MR) is 89.8 cm³/mol. The molecule has 7 nitrogen and oxygen atoms in total. The van der Waals surface area contributed by atoms with E-state index in [1.54, 1.807) is 6.07 Å². The van der Waals surface area contributed by atoms with Crippen LogP contribution in [-0.4, -0.2) is 44.7 Å². The van der Waals surface area contributed by atoms with Crippen molar-refractivity contribution in [2.75, 3.05) is 20.8 Å². The number of ether oxygens (including phenoxy) is 3. The number of methoxy groups -OCH3 is 2. The van der Waals surface area contributed by atoms with Crippen LogP contribution in [0.2, 0.25) is 5.02 Å². The van der Waals surface area contributed by atoms with Crippen LogP contribution in [0.1, 0.15) is 35.2 Å². The standard InChI is InChI=1S/C17H20ClNO6/c1-23-15(21)5-3-4-14(20)19-9-12-7-10-6-11(17(22)24-2)8-13(18)16(10)25-12/h6,8,12H,3-5,7,9H2,1-2H3,(H,19,20). The fourth-order valence-electron chi connectivity index (χ4n) is 2.55. The second kappa shape index (κ2) is 8.71. The molecule has 0 aliphatic carbocycles. The van der Waals surface area contributed by atoms with Gasteiger partial charge in [-0.1, -0.05) is 11.6 Å². The Hall–Kier alpha value is -2.28. The molecule has 1 aliphatic rings. The van der Waals surface area contributed by atoms with Crippen LogP contribution in [0.4, 0.5) is 0 Å². The fraction of sp³-hybridized carbons (Fsp3) is 0.471. The second-order valence-corrected chi connectivity index (χ2v) is 6.02. The zero-order valence-electron chi connectivity index (χ0n) is 14.1. The first-order valence-electron chi connectivity index (χ1n) is 7.85. The van der Waals surface area contributed by atoms with Gasteiger partial charge in [0, 0.05) is 24.8 Å². The summed E-state index contributed by atoms with van der Waals surface area (Å²) in [6, 6.07) is 3.19. The molecule has 0 aromatic heterocycles. The van der Waals surface area contributed by atoms with Crippen molar-refractivity contribution in [1.29, 1.82) is 0 Å². The van der Waals surface area contributed by atoms with Crippen LogP contribution < -0.4 is 10.1 Å². The largest absolute Gasteiger partial charge is 0.486 e. The molecule has 0 bridgehead atoms. The summed E-state index contributed by atoms with van der Waals surface area (Å²) < 4.78 is 15.0. The molecular weight excluding hydrogens is 350 g/mol. The molecule has 1 aromatic rings. The van der Waals surface area contributed by atoms with E-state index in [0.29, 0.717) is 35.7 Å². The molecule has 8 heteroatoms. The van der Waals surface area contributed by atoms with Crippen molar-refractivity contribution in [3.63, 3.8) is 0 Å². The van der Waals surface area contributed by atoms with Crippen LogP contribution in [0.3, 0.4) is 0 Å². The lowest BCUT2D eigenvalue weighted by atomic mass is 10.1. The van der Waals surface area contributed by atoms with Gasteiger partial charge in [-0.05, 0) is 18.6 Å². The summed E-state index contributed by atoms with van der Waals surface area (Å²) in [4.78, 5) is 34.4. The Morgan fingerprint density at radius 2 is 2.00 bits per heavy atom. The number of carbonyl (C=O) groups is 3. The highest BCUT2D eigenvalue weighted by molar-refractivity contribution is 6.32. The monoisotopic (exact) mass is 369 g/mol. The van der Waals surface area contributed by atoms with Crippen LogP contribution >= 0.6 is 11.6 Å². The van der Waals surface area contributed by atoms with E-state index >= 15 is 0 Å². The first-order valence-corrected chi connectivity index (χ1v) is 8.23. The predicted octanol–water partition coefficient (Wildman–Crippen LogP) is 1.89. The Kier molecular flexibility index (Phi) is 6.64. The normalized spacial score (nSPS) is 15.1. The average molecular weight is 370 g/mol. The van der Waals surface area contributed by atoms with Gasteiger partial charge < -0.3 is 19.5 Å². The minimum atomic E-state index is -0.466. The number of carbonyl (C=O) groups excluding carboxylic acids is 3. The van der Waals surface area contributed by atoms with Crippen LogP contribution in [-0.2, 0) is 25.5 Å². The highest BCUT2D eigenvalue weighted by Gasteiger charge is 2.27. The van der Waals surface area contributed by atoms with E-state index in [1.165, 1.54) is 20.3 Å². The van der Waals surface area contributed by atoms with Gasteiger partial charge in [-0.15, -0.1) is 0 Å². The lowest BCUT2D eigenvalue weighted by Gasteiger charge is -2.12. The number of esters is 2. The molecule has 1 heterocycles. The van der Waals surface area contributed by atoms with Gasteiger partial charge in [-0.3, -0.25) is 9.59 Å². The molecule has 25 heavy (non-hydrogen) atoms. The number of hydrogen-bond acceptors (Lipinski definition) is 6. The molecule has 1 aromatic carbocycles. The van der Waals surface area contributed by atoms with Crippen molar-refractivity contribution < 1.29 is 28.6 Å². The minimum Gasteiger partial charge on any atom is -0.486 e. The molecule has 1 N–H and O–H groups in total. The van der Waals surface area contributed by atoms with E-state index < -0.39 is 5.97 Å². The molecule has 0 saturated carbocycles. The van der Waals surface area contributed by atoms with Gasteiger partial charge in [0.15, 0.2) is 0 Å². The van der Waals surface area contributed by atoms with Crippen LogP contribution in [0, 0.1) is 0 Å². The molecule has 1 atom stereocenters. The maximum Gasteiger partial charge on any atom is 0.337 e. The maximum atomic E-state index is 11.8. The Bertz CT molecular complexity index is 675. The summed E-state index contributed by atoms with van der Waals surface area (Å²) >= 11 is 6.15. The van der Waals surface area contributed by atoms with Gasteiger partial charge in [0.1, 0.15) is 11.9 Å². The van der Waals surface area contributed by atoms with Crippen molar-refractivity contribution in [1.82, 2.24) is 5.32 Å². The lowest BCUT2D eigenvalue weighted by molar-refractivity contribution is -0.140. The van der Waals surface area contributed by atoms with Crippen LogP contribution in [0.15, 0.2) is 12.1 Å². The Labute approximate surface area is 150 Å². The van der Waals surface area contributed by atoms with Crippen molar-refractivity contribution in [2.24, 2.45) is 0 Å². The third-order valence-corrected chi connectivity index (χ3v) is 4.09. The number of halogens is 1. The third-order valence-electron chi connectivity index (χ3n) is 3.81. The summed E-state index contributed by atoms with van der Waals surface area (Å²) in [5, 5.41) is 3.11. The summed E-state index contributed by atoms with van der Waals surface area (Å²) in [7, 11) is 2.62. The molecule has 136 valence electrons. The molecule has 0 spiro atoms. The number of nitrogens with one attached hydrogen (secondary N) is 1. The molecule has 0 saturated heterocycles. The summed E-state index contributed by atoms with van der Waals surface area (Å²) in [5.74, 6) is -0.436. The smallest absolute Gasteiger partial charge is 0.337 e. The lowest BCUT2D eigenvalue weighted by Crippen LogP contribution is -2.34. The number of rotatable bonds is 7. The topological polar surface area (TPSA) is 90.9 Å². The highest BCUT2D eigenvalue weighted by Crippen LogP contribution is 2.37. The SMILES string of the molecule is COC(=O)CCCC(=O)NCC1Cc2cc(C(=O)OC)cc(Cl)c2O1. The van der Waals surface area contributed by atoms with Crippen LogP contribution in [0.25, 0.3) is 0 Å². The van der Waals surface area contributed by atoms with Crippen molar-refractivity contribution in [2.45, 2.75) is 31.8 Å². The Morgan fingerprint density at radius 3 is 2.68 bits per heavy atom. The molecular formula is C17H20ClNO6. The number of benzene rings is 1. The quantitative estimate of drug-likeness (QED) is 0.738.